The number of nitro groups is 1. The van der Waals surface area contributed by atoms with Gasteiger partial charge in [-0.15, -0.1) is 0 Å². The third kappa shape index (κ3) is 3.73. The van der Waals surface area contributed by atoms with Gasteiger partial charge in [0.25, 0.3) is 5.91 Å². The lowest BCUT2D eigenvalue weighted by atomic mass is 10.2. The molecule has 1 N–H and O–H groups in total. The van der Waals surface area contributed by atoms with Crippen molar-refractivity contribution in [1.29, 1.82) is 0 Å². The Morgan fingerprint density at radius 3 is 2.62 bits per heavy atom. The first kappa shape index (κ1) is 16.4. The second kappa shape index (κ2) is 7.00. The molecular weight excluding hydrogens is 332 g/mol. The average Bonchev–Trinajstić information content (AvgIpc) is 3.19. The summed E-state index contributed by atoms with van der Waals surface area (Å²) < 4.78 is 1.37. The van der Waals surface area contributed by atoms with Crippen molar-refractivity contribution in [2.24, 2.45) is 0 Å². The maximum absolute atomic E-state index is 12.5. The first-order valence-electron chi connectivity index (χ1n) is 7.80. The molecule has 1 fully saturated rings. The first-order chi connectivity index (χ1) is 11.5. The van der Waals surface area contributed by atoms with Crippen LogP contribution in [-0.4, -0.2) is 26.7 Å². The molecule has 0 radical (unpaired) electrons. The van der Waals surface area contributed by atoms with Crippen molar-refractivity contribution in [3.63, 3.8) is 0 Å². The van der Waals surface area contributed by atoms with Crippen LogP contribution in [0.2, 0.25) is 5.02 Å². The number of halogens is 1. The maximum atomic E-state index is 12.5. The summed E-state index contributed by atoms with van der Waals surface area (Å²) >= 11 is 5.86. The molecule has 1 heterocycles. The fourth-order valence-electron chi connectivity index (χ4n) is 2.89. The number of rotatable bonds is 5. The molecule has 0 aliphatic heterocycles. The van der Waals surface area contributed by atoms with Crippen molar-refractivity contribution < 1.29 is 9.72 Å². The fourth-order valence-corrected chi connectivity index (χ4v) is 3.01. The van der Waals surface area contributed by atoms with Crippen molar-refractivity contribution in [3.8, 4) is 0 Å². The van der Waals surface area contributed by atoms with Gasteiger partial charge in [0.05, 0.1) is 17.7 Å². The number of aromatic nitrogens is 2. The molecule has 7 nitrogen and oxygen atoms in total. The largest absolute Gasteiger partial charge is 0.390 e. The lowest BCUT2D eigenvalue weighted by Gasteiger charge is -2.11. The fraction of sp³-hybridized carbons (Fsp3) is 0.375. The summed E-state index contributed by atoms with van der Waals surface area (Å²) in [6, 6.07) is 8.42. The van der Waals surface area contributed by atoms with Gasteiger partial charge < -0.3 is 15.4 Å². The SMILES string of the molecule is O=C(NC1CCCC1)c1cc([N+](=O)[O-])nn1Cc1ccc(Cl)cc1. The van der Waals surface area contributed by atoms with Crippen molar-refractivity contribution in [1.82, 2.24) is 15.1 Å². The molecule has 1 aromatic heterocycles. The molecule has 8 heteroatoms. The molecule has 126 valence electrons. The van der Waals surface area contributed by atoms with Crippen LogP contribution in [0, 0.1) is 10.1 Å². The van der Waals surface area contributed by atoms with Gasteiger partial charge in [0.2, 0.25) is 0 Å². The van der Waals surface area contributed by atoms with E-state index < -0.39 is 4.92 Å². The Balaban J connectivity index is 1.84. The molecule has 1 saturated carbocycles. The summed E-state index contributed by atoms with van der Waals surface area (Å²) in [7, 11) is 0. The van der Waals surface area contributed by atoms with Crippen LogP contribution in [0.4, 0.5) is 5.82 Å². The Labute approximate surface area is 143 Å². The zero-order chi connectivity index (χ0) is 17.1. The number of hydrogen-bond acceptors (Lipinski definition) is 4. The number of amides is 1. The molecule has 0 saturated heterocycles. The van der Waals surface area contributed by atoms with Gasteiger partial charge in [0.1, 0.15) is 0 Å². The number of carbonyl (C=O) groups excluding carboxylic acids is 1. The van der Waals surface area contributed by atoms with Gasteiger partial charge in [0.15, 0.2) is 5.69 Å². The highest BCUT2D eigenvalue weighted by molar-refractivity contribution is 6.30. The molecule has 3 rings (SSSR count). The van der Waals surface area contributed by atoms with Gasteiger partial charge in [-0.05, 0) is 35.5 Å². The molecule has 1 aromatic carbocycles. The zero-order valence-corrected chi connectivity index (χ0v) is 13.7. The summed E-state index contributed by atoms with van der Waals surface area (Å²) in [5.74, 6) is -0.656. The Morgan fingerprint density at radius 1 is 1.33 bits per heavy atom. The highest BCUT2D eigenvalue weighted by Gasteiger charge is 2.26. The minimum absolute atomic E-state index is 0.135. The molecule has 0 bridgehead atoms. The van der Waals surface area contributed by atoms with Gasteiger partial charge in [-0.25, -0.2) is 0 Å². The summed E-state index contributed by atoms with van der Waals surface area (Å²) in [5, 5.41) is 18.5. The Bertz CT molecular complexity index is 751. The number of benzene rings is 1. The van der Waals surface area contributed by atoms with Crippen LogP contribution in [-0.2, 0) is 6.54 Å². The van der Waals surface area contributed by atoms with E-state index in [1.54, 1.807) is 24.3 Å². The summed E-state index contributed by atoms with van der Waals surface area (Å²) in [6.45, 7) is 0.262. The molecular formula is C16H17ClN4O3. The van der Waals surface area contributed by atoms with E-state index in [2.05, 4.69) is 10.4 Å². The molecule has 1 aliphatic rings. The average molecular weight is 349 g/mol. The Hall–Kier alpha value is -2.41. The Kier molecular flexibility index (Phi) is 4.80. The van der Waals surface area contributed by atoms with E-state index in [0.717, 1.165) is 31.2 Å². The smallest absolute Gasteiger partial charge is 0.358 e. The molecule has 1 aliphatic carbocycles. The topological polar surface area (TPSA) is 90.1 Å². The van der Waals surface area contributed by atoms with E-state index in [0.29, 0.717) is 5.02 Å². The predicted molar refractivity (Wildman–Crippen MR) is 89.2 cm³/mol. The van der Waals surface area contributed by atoms with Crippen molar-refractivity contribution >= 4 is 23.3 Å². The van der Waals surface area contributed by atoms with Gasteiger partial charge in [-0.3, -0.25) is 4.79 Å². The minimum atomic E-state index is -0.593. The van der Waals surface area contributed by atoms with Crippen LogP contribution in [0.15, 0.2) is 30.3 Å². The van der Waals surface area contributed by atoms with Gasteiger partial charge >= 0.3 is 5.82 Å². The predicted octanol–water partition coefficient (Wildman–Crippen LogP) is 3.17. The lowest BCUT2D eigenvalue weighted by molar-refractivity contribution is -0.389. The molecule has 0 spiro atoms. The molecule has 2 aromatic rings. The normalized spacial score (nSPS) is 14.7. The molecule has 0 atom stereocenters. The minimum Gasteiger partial charge on any atom is -0.358 e. The third-order valence-corrected chi connectivity index (χ3v) is 4.37. The maximum Gasteiger partial charge on any atom is 0.390 e. The van der Waals surface area contributed by atoms with Gasteiger partial charge in [-0.2, -0.15) is 4.68 Å². The van der Waals surface area contributed by atoms with Crippen LogP contribution in [0.1, 0.15) is 41.7 Å². The van der Waals surface area contributed by atoms with Crippen LogP contribution >= 0.6 is 11.6 Å². The molecule has 0 unspecified atom stereocenters. The van der Waals surface area contributed by atoms with E-state index in [1.807, 2.05) is 0 Å². The zero-order valence-electron chi connectivity index (χ0n) is 12.9. The van der Waals surface area contributed by atoms with Crippen LogP contribution in [0.5, 0.6) is 0 Å². The third-order valence-electron chi connectivity index (χ3n) is 4.12. The van der Waals surface area contributed by atoms with Crippen molar-refractivity contribution in [3.05, 3.63) is 56.7 Å². The van der Waals surface area contributed by atoms with Crippen LogP contribution in [0.25, 0.3) is 0 Å². The highest BCUT2D eigenvalue weighted by Crippen LogP contribution is 2.20. The second-order valence-corrected chi connectivity index (χ2v) is 6.32. The quantitative estimate of drug-likeness (QED) is 0.663. The van der Waals surface area contributed by atoms with Crippen molar-refractivity contribution in [2.75, 3.05) is 0 Å². The summed E-state index contributed by atoms with van der Waals surface area (Å²) in [5.41, 5.74) is 1.05. The van der Waals surface area contributed by atoms with E-state index in [9.17, 15) is 14.9 Å². The summed E-state index contributed by atoms with van der Waals surface area (Å²) in [4.78, 5) is 22.9. The first-order valence-corrected chi connectivity index (χ1v) is 8.18. The van der Waals surface area contributed by atoms with E-state index in [4.69, 9.17) is 11.6 Å². The number of hydrogen-bond donors (Lipinski definition) is 1. The van der Waals surface area contributed by atoms with Crippen LogP contribution < -0.4 is 5.32 Å². The monoisotopic (exact) mass is 348 g/mol. The van der Waals surface area contributed by atoms with Gasteiger partial charge in [0, 0.05) is 11.1 Å². The lowest BCUT2D eigenvalue weighted by Crippen LogP contribution is -2.34. The van der Waals surface area contributed by atoms with E-state index in [1.165, 1.54) is 10.7 Å². The molecule has 24 heavy (non-hydrogen) atoms. The summed E-state index contributed by atoms with van der Waals surface area (Å²) in [6.07, 6.45) is 4.07. The Morgan fingerprint density at radius 2 is 2.00 bits per heavy atom. The number of carbonyl (C=O) groups is 1. The van der Waals surface area contributed by atoms with Crippen molar-refractivity contribution in [2.45, 2.75) is 38.3 Å². The number of nitrogens with one attached hydrogen (secondary N) is 1. The molecule has 1 amide bonds. The van der Waals surface area contributed by atoms with Crippen LogP contribution in [0.3, 0.4) is 0 Å². The standard InChI is InChI=1S/C16H17ClN4O3/c17-12-7-5-11(6-8-12)10-20-14(9-15(19-20)21(23)24)16(22)18-13-3-1-2-4-13/h5-9,13H,1-4,10H2,(H,18,22). The van der Waals surface area contributed by atoms with E-state index in [-0.39, 0.29) is 30.0 Å². The number of nitrogens with zero attached hydrogens (tertiary/aromatic N) is 3. The van der Waals surface area contributed by atoms with Gasteiger partial charge in [-0.1, -0.05) is 36.6 Å². The second-order valence-electron chi connectivity index (χ2n) is 5.88. The van der Waals surface area contributed by atoms with E-state index >= 15 is 0 Å². The highest BCUT2D eigenvalue weighted by atomic mass is 35.5.